The maximum atomic E-state index is 14.1. The number of hydrogen-bond donors (Lipinski definition) is 2. The summed E-state index contributed by atoms with van der Waals surface area (Å²) in [5.41, 5.74) is 8.06. The van der Waals surface area contributed by atoms with E-state index in [1.54, 1.807) is 32.0 Å². The molecule has 188 valence electrons. The molecule has 1 saturated heterocycles. The smallest absolute Gasteiger partial charge is 0.326 e. The Balaban J connectivity index is 1.54. The van der Waals surface area contributed by atoms with E-state index in [-0.39, 0.29) is 36.5 Å². The molecule has 3 N–H and O–H groups in total. The number of halogens is 3. The van der Waals surface area contributed by atoms with Crippen LogP contribution < -0.4 is 11.1 Å². The molecule has 3 aromatic heterocycles. The molecule has 0 bridgehead atoms. The SMILES string of the molecule is CC(C)C(=O)Nc1ccc2ccc(-c3nnc4ccc([C@@H](N5CC[C@@H](N)C5)C(F)(F)F)cn34)nc2c1. The van der Waals surface area contributed by atoms with Gasteiger partial charge in [-0.25, -0.2) is 4.98 Å². The number of nitrogens with zero attached hydrogens (tertiary/aromatic N) is 5. The van der Waals surface area contributed by atoms with Crippen molar-refractivity contribution >= 4 is 28.1 Å². The lowest BCUT2D eigenvalue weighted by Crippen LogP contribution is -2.38. The first-order valence-electron chi connectivity index (χ1n) is 11.7. The van der Waals surface area contributed by atoms with Crippen molar-refractivity contribution in [1.29, 1.82) is 0 Å². The van der Waals surface area contributed by atoms with Gasteiger partial charge in [-0.3, -0.25) is 14.1 Å². The number of rotatable bonds is 5. The summed E-state index contributed by atoms with van der Waals surface area (Å²) < 4.78 is 43.9. The lowest BCUT2D eigenvalue weighted by atomic mass is 10.1. The number of carbonyl (C=O) groups excluding carboxylic acids is 1. The van der Waals surface area contributed by atoms with E-state index in [9.17, 15) is 18.0 Å². The molecule has 4 heterocycles. The zero-order valence-electron chi connectivity index (χ0n) is 19.8. The number of carbonyl (C=O) groups is 1. The van der Waals surface area contributed by atoms with E-state index >= 15 is 0 Å². The zero-order valence-corrected chi connectivity index (χ0v) is 19.8. The monoisotopic (exact) mass is 497 g/mol. The van der Waals surface area contributed by atoms with Gasteiger partial charge in [0.2, 0.25) is 5.91 Å². The van der Waals surface area contributed by atoms with Gasteiger partial charge in [-0.15, -0.1) is 10.2 Å². The summed E-state index contributed by atoms with van der Waals surface area (Å²) in [5, 5.41) is 12.0. The number of amides is 1. The fourth-order valence-corrected chi connectivity index (χ4v) is 4.51. The van der Waals surface area contributed by atoms with Crippen LogP contribution in [0.5, 0.6) is 0 Å². The Bertz CT molecular complexity index is 1430. The van der Waals surface area contributed by atoms with E-state index in [1.807, 2.05) is 12.1 Å². The number of likely N-dealkylation sites (tertiary alicyclic amines) is 1. The van der Waals surface area contributed by atoms with Crippen LogP contribution >= 0.6 is 0 Å². The molecular weight excluding hydrogens is 471 g/mol. The quantitative estimate of drug-likeness (QED) is 0.429. The number of nitrogens with two attached hydrogens (primary N) is 1. The predicted octanol–water partition coefficient (Wildman–Crippen LogP) is 4.18. The van der Waals surface area contributed by atoms with E-state index in [1.165, 1.54) is 27.6 Å². The number of alkyl halides is 3. The fourth-order valence-electron chi connectivity index (χ4n) is 4.51. The number of nitrogens with one attached hydrogen (secondary N) is 1. The Morgan fingerprint density at radius 2 is 1.92 bits per heavy atom. The van der Waals surface area contributed by atoms with E-state index in [0.29, 0.717) is 34.8 Å². The normalized spacial score (nSPS) is 17.8. The number of fused-ring (bicyclic) bond motifs is 2. The third-order valence-electron chi connectivity index (χ3n) is 6.39. The van der Waals surface area contributed by atoms with E-state index in [0.717, 1.165) is 5.39 Å². The van der Waals surface area contributed by atoms with Crippen LogP contribution in [0.1, 0.15) is 31.9 Å². The van der Waals surface area contributed by atoms with Crippen LogP contribution in [0.15, 0.2) is 48.7 Å². The molecular formula is C25H26F3N7O. The largest absolute Gasteiger partial charge is 0.408 e. The Hall–Kier alpha value is -3.57. The second-order valence-corrected chi connectivity index (χ2v) is 9.45. The van der Waals surface area contributed by atoms with Crippen LogP contribution in [-0.4, -0.2) is 55.7 Å². The first kappa shape index (κ1) is 24.1. The molecule has 8 nitrogen and oxygen atoms in total. The van der Waals surface area contributed by atoms with Crippen molar-refractivity contribution in [3.05, 3.63) is 54.2 Å². The van der Waals surface area contributed by atoms with Crippen LogP contribution in [0.4, 0.5) is 18.9 Å². The van der Waals surface area contributed by atoms with Crippen LogP contribution in [0.25, 0.3) is 28.1 Å². The highest BCUT2D eigenvalue weighted by atomic mass is 19.4. The van der Waals surface area contributed by atoms with E-state index < -0.39 is 12.2 Å². The topological polar surface area (TPSA) is 101 Å². The van der Waals surface area contributed by atoms with Gasteiger partial charge in [-0.2, -0.15) is 13.2 Å². The van der Waals surface area contributed by atoms with Crippen molar-refractivity contribution in [1.82, 2.24) is 24.5 Å². The molecule has 0 radical (unpaired) electrons. The van der Waals surface area contributed by atoms with Crippen molar-refractivity contribution in [2.24, 2.45) is 11.7 Å². The Kier molecular flexibility index (Phi) is 6.13. The Morgan fingerprint density at radius 3 is 2.61 bits per heavy atom. The number of aromatic nitrogens is 4. The summed E-state index contributed by atoms with van der Waals surface area (Å²) >= 11 is 0. The first-order valence-corrected chi connectivity index (χ1v) is 11.7. The number of benzene rings is 1. The highest BCUT2D eigenvalue weighted by molar-refractivity contribution is 5.94. The molecule has 1 aliphatic rings. The van der Waals surface area contributed by atoms with Crippen LogP contribution in [0, 0.1) is 5.92 Å². The van der Waals surface area contributed by atoms with Crippen LogP contribution in [0.2, 0.25) is 0 Å². The van der Waals surface area contributed by atoms with Gasteiger partial charge >= 0.3 is 6.18 Å². The minimum absolute atomic E-state index is 0.0876. The molecule has 0 saturated carbocycles. The highest BCUT2D eigenvalue weighted by Crippen LogP contribution is 2.39. The molecule has 36 heavy (non-hydrogen) atoms. The molecule has 1 fully saturated rings. The van der Waals surface area contributed by atoms with Gasteiger partial charge in [0.15, 0.2) is 11.5 Å². The lowest BCUT2D eigenvalue weighted by molar-refractivity contribution is -0.183. The second kappa shape index (κ2) is 9.14. The average molecular weight is 498 g/mol. The maximum absolute atomic E-state index is 14.1. The lowest BCUT2D eigenvalue weighted by Gasteiger charge is -2.30. The molecule has 0 spiro atoms. The minimum atomic E-state index is -4.47. The molecule has 0 aliphatic carbocycles. The van der Waals surface area contributed by atoms with Gasteiger partial charge in [-0.05, 0) is 36.2 Å². The molecule has 1 amide bonds. The summed E-state index contributed by atoms with van der Waals surface area (Å²) in [7, 11) is 0. The van der Waals surface area contributed by atoms with Gasteiger partial charge in [0, 0.05) is 42.3 Å². The molecule has 11 heteroatoms. The van der Waals surface area contributed by atoms with Crippen LogP contribution in [0.3, 0.4) is 0 Å². The Morgan fingerprint density at radius 1 is 1.14 bits per heavy atom. The maximum Gasteiger partial charge on any atom is 0.408 e. The summed E-state index contributed by atoms with van der Waals surface area (Å²) in [6.07, 6.45) is -2.52. The molecule has 2 atom stereocenters. The number of hydrogen-bond acceptors (Lipinski definition) is 6. The second-order valence-electron chi connectivity index (χ2n) is 9.45. The minimum Gasteiger partial charge on any atom is -0.326 e. The van der Waals surface area contributed by atoms with Crippen molar-refractivity contribution in [3.63, 3.8) is 0 Å². The molecule has 1 aromatic carbocycles. The highest BCUT2D eigenvalue weighted by Gasteiger charge is 2.46. The summed E-state index contributed by atoms with van der Waals surface area (Å²) in [5.74, 6) is 0.0393. The molecule has 5 rings (SSSR count). The molecule has 0 unspecified atom stereocenters. The van der Waals surface area contributed by atoms with Gasteiger partial charge in [0.25, 0.3) is 0 Å². The summed E-state index contributed by atoms with van der Waals surface area (Å²) in [4.78, 5) is 18.1. The fraction of sp³-hybridized carbons (Fsp3) is 0.360. The summed E-state index contributed by atoms with van der Waals surface area (Å²) in [6.45, 7) is 4.07. The Labute approximate surface area is 205 Å². The van der Waals surface area contributed by atoms with Gasteiger partial charge in [0.05, 0.1) is 5.52 Å². The van der Waals surface area contributed by atoms with Crippen LogP contribution in [-0.2, 0) is 4.79 Å². The predicted molar refractivity (Wildman–Crippen MR) is 130 cm³/mol. The molecule has 4 aromatic rings. The standard InChI is InChI=1S/C25H26F3N7O/c1-14(2)24(36)30-18-6-3-15-4-7-19(31-20(15)11-18)23-33-32-21-8-5-16(12-35(21)23)22(25(26,27)28)34-10-9-17(29)13-34/h3-8,11-12,14,17,22H,9-10,13,29H2,1-2H3,(H,30,36)/t17-,22-/m1/s1. The van der Waals surface area contributed by atoms with Crippen molar-refractivity contribution in [3.8, 4) is 11.5 Å². The third kappa shape index (κ3) is 4.63. The van der Waals surface area contributed by atoms with E-state index in [4.69, 9.17) is 5.73 Å². The van der Waals surface area contributed by atoms with Gasteiger partial charge < -0.3 is 11.1 Å². The first-order chi connectivity index (χ1) is 17.1. The average Bonchev–Trinajstić information content (AvgIpc) is 3.43. The van der Waals surface area contributed by atoms with Crippen molar-refractivity contribution in [2.75, 3.05) is 18.4 Å². The van der Waals surface area contributed by atoms with Gasteiger partial charge in [0.1, 0.15) is 11.7 Å². The number of anilines is 1. The van der Waals surface area contributed by atoms with E-state index in [2.05, 4.69) is 20.5 Å². The third-order valence-corrected chi connectivity index (χ3v) is 6.39. The number of pyridine rings is 2. The summed E-state index contributed by atoms with van der Waals surface area (Å²) in [6, 6.07) is 9.90. The zero-order chi connectivity index (χ0) is 25.6. The van der Waals surface area contributed by atoms with Gasteiger partial charge in [-0.1, -0.05) is 32.0 Å². The van der Waals surface area contributed by atoms with Crippen molar-refractivity contribution in [2.45, 2.75) is 38.5 Å². The van der Waals surface area contributed by atoms with Crippen molar-refractivity contribution < 1.29 is 18.0 Å². The molecule has 1 aliphatic heterocycles.